The topological polar surface area (TPSA) is 30.7 Å². The van der Waals surface area contributed by atoms with Gasteiger partial charge in [0.1, 0.15) is 11.0 Å². The molecular formula is C9H10BrN3. The Morgan fingerprint density at radius 1 is 1.38 bits per heavy atom. The van der Waals surface area contributed by atoms with Crippen molar-refractivity contribution >= 4 is 27.0 Å². The minimum Gasteiger partial charge on any atom is -0.187 e. The average Bonchev–Trinajstić information content (AvgIpc) is 2.43. The predicted molar refractivity (Wildman–Crippen MR) is 55.6 cm³/mol. The van der Waals surface area contributed by atoms with Gasteiger partial charge in [-0.1, -0.05) is 22.9 Å². The molecule has 1 aromatic carbocycles. The molecule has 0 aliphatic heterocycles. The smallest absolute Gasteiger partial charge is 0.116 e. The molecule has 0 radical (unpaired) electrons. The fraction of sp³-hybridized carbons (Fsp3) is 0.333. The Morgan fingerprint density at radius 2 is 2.15 bits per heavy atom. The molecule has 3 nitrogen and oxygen atoms in total. The lowest BCUT2D eigenvalue weighted by Crippen LogP contribution is -1.91. The fourth-order valence-corrected chi connectivity index (χ4v) is 1.92. The van der Waals surface area contributed by atoms with E-state index in [1.54, 1.807) is 4.80 Å². The monoisotopic (exact) mass is 239 g/mol. The van der Waals surface area contributed by atoms with Crippen molar-refractivity contribution in [2.24, 2.45) is 7.05 Å². The number of aryl methyl sites for hydroxylation is 2. The zero-order chi connectivity index (χ0) is 9.42. The quantitative estimate of drug-likeness (QED) is 0.765. The first kappa shape index (κ1) is 8.69. The minimum absolute atomic E-state index is 0.953. The highest BCUT2D eigenvalue weighted by atomic mass is 79.9. The first-order chi connectivity index (χ1) is 6.20. The van der Waals surface area contributed by atoms with Crippen LogP contribution in [0.25, 0.3) is 11.0 Å². The Balaban J connectivity index is 2.80. The Bertz CT molecular complexity index is 447. The van der Waals surface area contributed by atoms with Crippen LogP contribution in [0.1, 0.15) is 12.5 Å². The summed E-state index contributed by atoms with van der Waals surface area (Å²) in [6.07, 6.45) is 0.981. The molecule has 4 heteroatoms. The molecule has 0 N–H and O–H groups in total. The predicted octanol–water partition coefficient (Wildman–Crippen LogP) is 2.29. The molecule has 0 fully saturated rings. The van der Waals surface area contributed by atoms with E-state index in [1.165, 1.54) is 5.56 Å². The third-order valence-corrected chi connectivity index (χ3v) is 2.47. The maximum absolute atomic E-state index is 4.31. The number of hydrogen-bond acceptors (Lipinski definition) is 2. The molecule has 0 saturated carbocycles. The van der Waals surface area contributed by atoms with Gasteiger partial charge in [-0.15, -0.1) is 0 Å². The summed E-state index contributed by atoms with van der Waals surface area (Å²) in [4.78, 5) is 1.61. The highest BCUT2D eigenvalue weighted by Crippen LogP contribution is 2.21. The van der Waals surface area contributed by atoms with Crippen molar-refractivity contribution in [3.05, 3.63) is 22.2 Å². The van der Waals surface area contributed by atoms with Gasteiger partial charge in [-0.25, -0.2) is 0 Å². The number of nitrogens with zero attached hydrogens (tertiary/aromatic N) is 3. The molecule has 0 aliphatic carbocycles. The van der Waals surface area contributed by atoms with E-state index in [9.17, 15) is 0 Å². The van der Waals surface area contributed by atoms with Gasteiger partial charge in [0, 0.05) is 11.5 Å². The van der Waals surface area contributed by atoms with Crippen molar-refractivity contribution in [2.45, 2.75) is 13.3 Å². The van der Waals surface area contributed by atoms with Gasteiger partial charge in [-0.3, -0.25) is 0 Å². The van der Waals surface area contributed by atoms with Crippen LogP contribution in [0.3, 0.4) is 0 Å². The standard InChI is InChI=1S/C9H10BrN3/c1-3-6-4-7(10)5-8-9(6)12-13(2)11-8/h4-5H,3H2,1-2H3. The maximum Gasteiger partial charge on any atom is 0.116 e. The summed E-state index contributed by atoms with van der Waals surface area (Å²) in [6.45, 7) is 2.12. The third-order valence-electron chi connectivity index (χ3n) is 2.01. The van der Waals surface area contributed by atoms with Crippen LogP contribution in [0.5, 0.6) is 0 Å². The molecule has 68 valence electrons. The van der Waals surface area contributed by atoms with E-state index in [4.69, 9.17) is 0 Å². The van der Waals surface area contributed by atoms with Crippen LogP contribution < -0.4 is 0 Å². The number of aromatic nitrogens is 3. The number of benzene rings is 1. The second kappa shape index (κ2) is 3.10. The van der Waals surface area contributed by atoms with Crippen LogP contribution in [-0.2, 0) is 13.5 Å². The van der Waals surface area contributed by atoms with Gasteiger partial charge in [0.15, 0.2) is 0 Å². The molecule has 0 aliphatic rings. The fourth-order valence-electron chi connectivity index (χ4n) is 1.42. The van der Waals surface area contributed by atoms with Gasteiger partial charge < -0.3 is 0 Å². The van der Waals surface area contributed by atoms with Crippen molar-refractivity contribution in [1.29, 1.82) is 0 Å². The normalized spacial score (nSPS) is 11.0. The maximum atomic E-state index is 4.31. The lowest BCUT2D eigenvalue weighted by molar-refractivity contribution is 0.664. The van der Waals surface area contributed by atoms with E-state index in [-0.39, 0.29) is 0 Å². The van der Waals surface area contributed by atoms with Gasteiger partial charge in [-0.2, -0.15) is 15.0 Å². The van der Waals surface area contributed by atoms with Crippen LogP contribution in [0, 0.1) is 0 Å². The van der Waals surface area contributed by atoms with E-state index >= 15 is 0 Å². The molecule has 0 saturated heterocycles. The highest BCUT2D eigenvalue weighted by Gasteiger charge is 2.06. The summed E-state index contributed by atoms with van der Waals surface area (Å²) >= 11 is 3.46. The van der Waals surface area contributed by atoms with Crippen molar-refractivity contribution in [3.63, 3.8) is 0 Å². The highest BCUT2D eigenvalue weighted by molar-refractivity contribution is 9.10. The van der Waals surface area contributed by atoms with Crippen molar-refractivity contribution in [3.8, 4) is 0 Å². The van der Waals surface area contributed by atoms with Gasteiger partial charge in [-0.05, 0) is 24.1 Å². The van der Waals surface area contributed by atoms with Gasteiger partial charge in [0.25, 0.3) is 0 Å². The van der Waals surface area contributed by atoms with Crippen molar-refractivity contribution in [2.75, 3.05) is 0 Å². The summed E-state index contributed by atoms with van der Waals surface area (Å²) in [6, 6.07) is 4.08. The molecule has 0 unspecified atom stereocenters. The Morgan fingerprint density at radius 3 is 2.85 bits per heavy atom. The lowest BCUT2D eigenvalue weighted by atomic mass is 10.1. The van der Waals surface area contributed by atoms with Crippen LogP contribution in [0.4, 0.5) is 0 Å². The van der Waals surface area contributed by atoms with Crippen LogP contribution >= 0.6 is 15.9 Å². The molecule has 2 rings (SSSR count). The molecule has 0 amide bonds. The molecule has 1 aromatic heterocycles. The SMILES string of the molecule is CCc1cc(Br)cc2nn(C)nc12. The summed E-state index contributed by atoms with van der Waals surface area (Å²) in [7, 11) is 1.84. The van der Waals surface area contributed by atoms with E-state index < -0.39 is 0 Å². The second-order valence-corrected chi connectivity index (χ2v) is 3.89. The first-order valence-corrected chi connectivity index (χ1v) is 4.99. The number of halogens is 1. The molecule has 0 bridgehead atoms. The second-order valence-electron chi connectivity index (χ2n) is 2.98. The summed E-state index contributed by atoms with van der Waals surface area (Å²) in [5.74, 6) is 0. The van der Waals surface area contributed by atoms with Gasteiger partial charge in [0.2, 0.25) is 0 Å². The Kier molecular flexibility index (Phi) is 2.07. The number of rotatable bonds is 1. The average molecular weight is 240 g/mol. The summed E-state index contributed by atoms with van der Waals surface area (Å²) in [5, 5.41) is 8.57. The molecule has 0 atom stereocenters. The zero-order valence-corrected chi connectivity index (χ0v) is 9.17. The van der Waals surface area contributed by atoms with Crippen molar-refractivity contribution in [1.82, 2.24) is 15.0 Å². The molecular weight excluding hydrogens is 230 g/mol. The van der Waals surface area contributed by atoms with E-state index in [2.05, 4.69) is 39.1 Å². The third kappa shape index (κ3) is 1.46. The minimum atomic E-state index is 0.953. The molecule has 13 heavy (non-hydrogen) atoms. The lowest BCUT2D eigenvalue weighted by Gasteiger charge is -1.97. The van der Waals surface area contributed by atoms with Crippen LogP contribution in [-0.4, -0.2) is 15.0 Å². The van der Waals surface area contributed by atoms with Crippen LogP contribution in [0.15, 0.2) is 16.6 Å². The van der Waals surface area contributed by atoms with Gasteiger partial charge >= 0.3 is 0 Å². The van der Waals surface area contributed by atoms with Crippen LogP contribution in [0.2, 0.25) is 0 Å². The Hall–Kier alpha value is -0.900. The largest absolute Gasteiger partial charge is 0.187 e. The van der Waals surface area contributed by atoms with E-state index in [0.29, 0.717) is 0 Å². The summed E-state index contributed by atoms with van der Waals surface area (Å²) < 4.78 is 1.07. The Labute approximate surface area is 84.9 Å². The number of hydrogen-bond donors (Lipinski definition) is 0. The summed E-state index contributed by atoms with van der Waals surface area (Å²) in [5.41, 5.74) is 3.19. The number of fused-ring (bicyclic) bond motifs is 1. The zero-order valence-electron chi connectivity index (χ0n) is 7.58. The van der Waals surface area contributed by atoms with Crippen molar-refractivity contribution < 1.29 is 0 Å². The first-order valence-electron chi connectivity index (χ1n) is 4.20. The molecule has 1 heterocycles. The van der Waals surface area contributed by atoms with Gasteiger partial charge in [0.05, 0.1) is 0 Å². The van der Waals surface area contributed by atoms with E-state index in [1.807, 2.05) is 13.1 Å². The molecule has 2 aromatic rings. The van der Waals surface area contributed by atoms with E-state index in [0.717, 1.165) is 21.9 Å². The molecule has 0 spiro atoms.